The summed E-state index contributed by atoms with van der Waals surface area (Å²) in [6, 6.07) is 5.04. The SMILES string of the molecule is [C-]#[N+]c1cccc(-n2nnn(C)c2=O)c1CON=C(C)CC. The summed E-state index contributed by atoms with van der Waals surface area (Å²) >= 11 is 0. The zero-order valence-corrected chi connectivity index (χ0v) is 12.6. The Labute approximate surface area is 127 Å². The van der Waals surface area contributed by atoms with E-state index in [-0.39, 0.29) is 6.61 Å². The summed E-state index contributed by atoms with van der Waals surface area (Å²) in [6.45, 7) is 11.2. The molecule has 1 aromatic carbocycles. The zero-order chi connectivity index (χ0) is 16.1. The lowest BCUT2D eigenvalue weighted by molar-refractivity contribution is 0.130. The number of aryl methyl sites for hydroxylation is 1. The minimum absolute atomic E-state index is 0.0776. The van der Waals surface area contributed by atoms with Gasteiger partial charge in [-0.1, -0.05) is 24.2 Å². The van der Waals surface area contributed by atoms with Gasteiger partial charge in [0.1, 0.15) is 6.61 Å². The highest BCUT2D eigenvalue weighted by Crippen LogP contribution is 2.25. The van der Waals surface area contributed by atoms with E-state index in [9.17, 15) is 4.79 Å². The summed E-state index contributed by atoms with van der Waals surface area (Å²) in [7, 11) is 1.51. The van der Waals surface area contributed by atoms with E-state index in [2.05, 4.69) is 20.4 Å². The van der Waals surface area contributed by atoms with E-state index >= 15 is 0 Å². The Bertz CT molecular complexity index is 796. The smallest absolute Gasteiger partial charge is 0.368 e. The Morgan fingerprint density at radius 1 is 1.45 bits per heavy atom. The van der Waals surface area contributed by atoms with Crippen LogP contribution in [0.5, 0.6) is 0 Å². The van der Waals surface area contributed by atoms with E-state index in [1.807, 2.05) is 13.8 Å². The van der Waals surface area contributed by atoms with Gasteiger partial charge in [-0.2, -0.15) is 9.36 Å². The van der Waals surface area contributed by atoms with Crippen molar-refractivity contribution in [2.75, 3.05) is 0 Å². The fraction of sp³-hybridized carbons (Fsp3) is 0.357. The summed E-state index contributed by atoms with van der Waals surface area (Å²) in [4.78, 5) is 20.8. The number of tetrazole rings is 1. The highest BCUT2D eigenvalue weighted by molar-refractivity contribution is 5.80. The largest absolute Gasteiger partial charge is 0.392 e. The van der Waals surface area contributed by atoms with E-state index in [4.69, 9.17) is 11.4 Å². The molecule has 0 aliphatic rings. The van der Waals surface area contributed by atoms with Crippen LogP contribution in [0.15, 0.2) is 28.1 Å². The number of aromatic nitrogens is 4. The van der Waals surface area contributed by atoms with Gasteiger partial charge in [0.15, 0.2) is 5.69 Å². The van der Waals surface area contributed by atoms with Crippen LogP contribution in [0.1, 0.15) is 25.8 Å². The van der Waals surface area contributed by atoms with Gasteiger partial charge >= 0.3 is 5.69 Å². The highest BCUT2D eigenvalue weighted by Gasteiger charge is 2.15. The molecule has 0 amide bonds. The second-order valence-electron chi connectivity index (χ2n) is 4.64. The standard InChI is InChI=1S/C14H16N6O2/c1-5-10(2)16-22-9-11-12(15-3)7-6-8-13(11)20-14(21)19(4)17-18-20/h6-8H,5,9H2,1-2,4H3. The van der Waals surface area contributed by atoms with Gasteiger partial charge in [-0.25, -0.2) is 9.64 Å². The molecule has 8 nitrogen and oxygen atoms in total. The van der Waals surface area contributed by atoms with Crippen molar-refractivity contribution in [3.05, 3.63) is 45.7 Å². The minimum atomic E-state index is -0.392. The lowest BCUT2D eigenvalue weighted by Crippen LogP contribution is -2.22. The van der Waals surface area contributed by atoms with Crippen molar-refractivity contribution in [2.24, 2.45) is 12.2 Å². The van der Waals surface area contributed by atoms with Gasteiger partial charge in [0, 0.05) is 12.6 Å². The Kier molecular flexibility index (Phi) is 4.68. The molecule has 8 heteroatoms. The van der Waals surface area contributed by atoms with Gasteiger partial charge in [-0.05, 0) is 29.8 Å². The molecule has 0 unspecified atom stereocenters. The van der Waals surface area contributed by atoms with Crippen molar-refractivity contribution in [3.8, 4) is 5.69 Å². The van der Waals surface area contributed by atoms with Crippen LogP contribution in [0.25, 0.3) is 10.5 Å². The predicted molar refractivity (Wildman–Crippen MR) is 81.1 cm³/mol. The quantitative estimate of drug-likeness (QED) is 0.479. The van der Waals surface area contributed by atoms with E-state index in [1.165, 1.54) is 7.05 Å². The topological polar surface area (TPSA) is 78.7 Å². The molecule has 0 saturated carbocycles. The fourth-order valence-electron chi connectivity index (χ4n) is 1.75. The van der Waals surface area contributed by atoms with Crippen molar-refractivity contribution in [1.82, 2.24) is 19.8 Å². The van der Waals surface area contributed by atoms with Gasteiger partial charge in [-0.3, -0.25) is 0 Å². The lowest BCUT2D eigenvalue weighted by atomic mass is 10.1. The summed E-state index contributed by atoms with van der Waals surface area (Å²) in [5.74, 6) is 0. The van der Waals surface area contributed by atoms with E-state index in [0.29, 0.717) is 16.9 Å². The van der Waals surface area contributed by atoms with Gasteiger partial charge in [0.2, 0.25) is 0 Å². The molecule has 0 saturated heterocycles. The first-order valence-electron chi connectivity index (χ1n) is 6.72. The van der Waals surface area contributed by atoms with Crippen LogP contribution < -0.4 is 5.69 Å². The number of oxime groups is 1. The van der Waals surface area contributed by atoms with Crippen LogP contribution in [0.2, 0.25) is 0 Å². The van der Waals surface area contributed by atoms with Crippen LogP contribution in [-0.4, -0.2) is 25.5 Å². The van der Waals surface area contributed by atoms with Crippen molar-refractivity contribution >= 4 is 11.4 Å². The van der Waals surface area contributed by atoms with Gasteiger partial charge in [0.05, 0.1) is 18.0 Å². The van der Waals surface area contributed by atoms with Crippen LogP contribution in [0.4, 0.5) is 5.69 Å². The monoisotopic (exact) mass is 300 g/mol. The average Bonchev–Trinajstić information content (AvgIpc) is 2.86. The minimum Gasteiger partial charge on any atom is -0.392 e. The second kappa shape index (κ2) is 6.67. The molecule has 114 valence electrons. The third-order valence-electron chi connectivity index (χ3n) is 3.14. The van der Waals surface area contributed by atoms with Crippen molar-refractivity contribution in [1.29, 1.82) is 0 Å². The van der Waals surface area contributed by atoms with Gasteiger partial charge in [0.25, 0.3) is 0 Å². The number of benzene rings is 1. The molecule has 0 atom stereocenters. The molecule has 0 aliphatic heterocycles. The number of nitrogens with zero attached hydrogens (tertiary/aromatic N) is 6. The number of hydrogen-bond donors (Lipinski definition) is 0. The first-order chi connectivity index (χ1) is 10.6. The molecule has 0 radical (unpaired) electrons. The van der Waals surface area contributed by atoms with Gasteiger partial charge < -0.3 is 4.84 Å². The molecule has 0 N–H and O–H groups in total. The molecule has 2 rings (SSSR count). The molecule has 2 aromatic rings. The third-order valence-corrected chi connectivity index (χ3v) is 3.14. The maximum atomic E-state index is 12.0. The molecule has 1 heterocycles. The lowest BCUT2D eigenvalue weighted by Gasteiger charge is -2.09. The van der Waals surface area contributed by atoms with Crippen LogP contribution >= 0.6 is 0 Å². The van der Waals surface area contributed by atoms with Crippen LogP contribution in [0.3, 0.4) is 0 Å². The molecule has 0 aliphatic carbocycles. The average molecular weight is 300 g/mol. The van der Waals surface area contributed by atoms with E-state index < -0.39 is 5.69 Å². The third kappa shape index (κ3) is 3.03. The molecular weight excluding hydrogens is 284 g/mol. The molecular formula is C14H16N6O2. The number of rotatable bonds is 5. The molecule has 0 bridgehead atoms. The fourth-order valence-corrected chi connectivity index (χ4v) is 1.75. The van der Waals surface area contributed by atoms with Crippen LogP contribution in [-0.2, 0) is 18.5 Å². The molecule has 0 spiro atoms. The second-order valence-corrected chi connectivity index (χ2v) is 4.64. The normalized spacial score (nSPS) is 11.3. The molecule has 1 aromatic heterocycles. The van der Waals surface area contributed by atoms with Crippen molar-refractivity contribution in [2.45, 2.75) is 26.9 Å². The Morgan fingerprint density at radius 2 is 2.23 bits per heavy atom. The molecule has 22 heavy (non-hydrogen) atoms. The van der Waals surface area contributed by atoms with Gasteiger partial charge in [-0.15, -0.1) is 0 Å². The maximum Gasteiger partial charge on any atom is 0.368 e. The van der Waals surface area contributed by atoms with Crippen LogP contribution in [0, 0.1) is 6.57 Å². The van der Waals surface area contributed by atoms with Crippen molar-refractivity contribution < 1.29 is 4.84 Å². The Balaban J connectivity index is 2.45. The highest BCUT2D eigenvalue weighted by atomic mass is 16.6. The first-order valence-corrected chi connectivity index (χ1v) is 6.72. The Hall–Kier alpha value is -2.95. The number of hydrogen-bond acceptors (Lipinski definition) is 5. The summed E-state index contributed by atoms with van der Waals surface area (Å²) in [6.07, 6.45) is 0.779. The molecule has 0 fully saturated rings. The van der Waals surface area contributed by atoms with Crippen molar-refractivity contribution in [3.63, 3.8) is 0 Å². The summed E-state index contributed by atoms with van der Waals surface area (Å²) < 4.78 is 2.26. The summed E-state index contributed by atoms with van der Waals surface area (Å²) in [5, 5.41) is 11.4. The summed E-state index contributed by atoms with van der Waals surface area (Å²) in [5.41, 5.74) is 1.86. The predicted octanol–water partition coefficient (Wildman–Crippen LogP) is 1.82. The maximum absolute atomic E-state index is 12.0. The zero-order valence-electron chi connectivity index (χ0n) is 12.6. The first kappa shape index (κ1) is 15.4. The Morgan fingerprint density at radius 3 is 2.82 bits per heavy atom. The van der Waals surface area contributed by atoms with E-state index in [1.54, 1.807) is 18.2 Å². The van der Waals surface area contributed by atoms with E-state index in [0.717, 1.165) is 21.5 Å².